The molecule has 0 amide bonds. The number of benzene rings is 1. The second-order valence-electron chi connectivity index (χ2n) is 6.75. The molecule has 20 heavy (non-hydrogen) atoms. The minimum Gasteiger partial charge on any atom is -0.369 e. The van der Waals surface area contributed by atoms with Crippen LogP contribution < -0.4 is 4.90 Å². The van der Waals surface area contributed by atoms with Crippen molar-refractivity contribution in [2.45, 2.75) is 31.7 Å². The Balaban J connectivity index is 1.38. The second-order valence-corrected chi connectivity index (χ2v) is 7.18. The van der Waals surface area contributed by atoms with Gasteiger partial charge in [-0.3, -0.25) is 4.90 Å². The largest absolute Gasteiger partial charge is 0.369 e. The highest BCUT2D eigenvalue weighted by Crippen LogP contribution is 2.46. The Kier molecular flexibility index (Phi) is 3.39. The van der Waals surface area contributed by atoms with E-state index in [9.17, 15) is 0 Å². The monoisotopic (exact) mass is 290 g/mol. The maximum Gasteiger partial charge on any atom is 0.0426 e. The molecule has 1 aliphatic heterocycles. The summed E-state index contributed by atoms with van der Waals surface area (Å²) in [6.07, 6.45) is 5.98. The van der Waals surface area contributed by atoms with E-state index in [1.807, 2.05) is 6.07 Å². The number of nitrogens with zero attached hydrogens (tertiary/aromatic N) is 2. The number of hydrogen-bond donors (Lipinski definition) is 0. The van der Waals surface area contributed by atoms with Crippen LogP contribution in [0.25, 0.3) is 0 Å². The van der Waals surface area contributed by atoms with E-state index in [2.05, 4.69) is 28.0 Å². The minimum atomic E-state index is 0.845. The van der Waals surface area contributed by atoms with Gasteiger partial charge in [-0.25, -0.2) is 0 Å². The maximum absolute atomic E-state index is 6.10. The van der Waals surface area contributed by atoms with Gasteiger partial charge in [-0.05, 0) is 49.3 Å². The van der Waals surface area contributed by atoms with Crippen LogP contribution in [-0.2, 0) is 0 Å². The van der Waals surface area contributed by atoms with Crippen molar-refractivity contribution in [2.24, 2.45) is 11.8 Å². The van der Waals surface area contributed by atoms with Gasteiger partial charge in [0.15, 0.2) is 0 Å². The number of halogens is 1. The standard InChI is InChI=1S/C17H23ClN2/c18-15-2-1-3-16(12-15)19-6-8-20(9-7-19)17-11-13-4-5-14(17)10-13/h1-3,12-14,17H,4-11H2/t13-,14+,17+/m0/s1. The quantitative estimate of drug-likeness (QED) is 0.820. The van der Waals surface area contributed by atoms with Crippen molar-refractivity contribution in [1.29, 1.82) is 0 Å². The lowest BCUT2D eigenvalue weighted by molar-refractivity contribution is 0.135. The van der Waals surface area contributed by atoms with Gasteiger partial charge in [0.2, 0.25) is 0 Å². The lowest BCUT2D eigenvalue weighted by atomic mass is 9.93. The van der Waals surface area contributed by atoms with Gasteiger partial charge in [-0.1, -0.05) is 24.1 Å². The summed E-state index contributed by atoms with van der Waals surface area (Å²) in [5, 5.41) is 0.845. The summed E-state index contributed by atoms with van der Waals surface area (Å²) in [5.41, 5.74) is 1.28. The van der Waals surface area contributed by atoms with Crippen molar-refractivity contribution < 1.29 is 0 Å². The Morgan fingerprint density at radius 1 is 1.00 bits per heavy atom. The third-order valence-electron chi connectivity index (χ3n) is 5.66. The first-order valence-corrected chi connectivity index (χ1v) is 8.42. The van der Waals surface area contributed by atoms with Crippen LogP contribution in [0.15, 0.2) is 24.3 Å². The van der Waals surface area contributed by atoms with E-state index < -0.39 is 0 Å². The van der Waals surface area contributed by atoms with Crippen LogP contribution in [0.2, 0.25) is 5.02 Å². The van der Waals surface area contributed by atoms with Crippen molar-refractivity contribution >= 4 is 17.3 Å². The topological polar surface area (TPSA) is 6.48 Å². The van der Waals surface area contributed by atoms with Crippen LogP contribution in [0.1, 0.15) is 25.7 Å². The van der Waals surface area contributed by atoms with Gasteiger partial charge < -0.3 is 4.90 Å². The molecule has 4 rings (SSSR count). The molecule has 2 saturated carbocycles. The van der Waals surface area contributed by atoms with Gasteiger partial charge in [0.25, 0.3) is 0 Å². The van der Waals surface area contributed by atoms with E-state index in [0.29, 0.717) is 0 Å². The molecule has 1 saturated heterocycles. The molecule has 3 atom stereocenters. The van der Waals surface area contributed by atoms with Gasteiger partial charge in [-0.2, -0.15) is 0 Å². The zero-order valence-corrected chi connectivity index (χ0v) is 12.7. The zero-order chi connectivity index (χ0) is 13.5. The van der Waals surface area contributed by atoms with Crippen LogP contribution in [-0.4, -0.2) is 37.1 Å². The normalized spacial score (nSPS) is 33.9. The number of anilines is 1. The van der Waals surface area contributed by atoms with Gasteiger partial charge in [-0.15, -0.1) is 0 Å². The predicted octanol–water partition coefficient (Wildman–Crippen LogP) is 3.65. The molecule has 2 nitrogen and oxygen atoms in total. The molecule has 0 aromatic heterocycles. The van der Waals surface area contributed by atoms with Crippen LogP contribution in [0.5, 0.6) is 0 Å². The van der Waals surface area contributed by atoms with Crippen LogP contribution in [0.4, 0.5) is 5.69 Å². The zero-order valence-electron chi connectivity index (χ0n) is 12.0. The molecular formula is C17H23ClN2. The molecule has 2 aliphatic carbocycles. The molecule has 3 fully saturated rings. The van der Waals surface area contributed by atoms with E-state index >= 15 is 0 Å². The van der Waals surface area contributed by atoms with E-state index in [1.165, 1.54) is 44.5 Å². The van der Waals surface area contributed by atoms with Crippen molar-refractivity contribution in [3.8, 4) is 0 Å². The Bertz CT molecular complexity index is 482. The van der Waals surface area contributed by atoms with Crippen molar-refractivity contribution in [3.63, 3.8) is 0 Å². The summed E-state index contributed by atoms with van der Waals surface area (Å²) < 4.78 is 0. The Morgan fingerprint density at radius 2 is 1.85 bits per heavy atom. The smallest absolute Gasteiger partial charge is 0.0426 e. The van der Waals surface area contributed by atoms with E-state index in [4.69, 9.17) is 11.6 Å². The summed E-state index contributed by atoms with van der Waals surface area (Å²) in [5.74, 6) is 2.06. The third kappa shape index (κ3) is 2.33. The van der Waals surface area contributed by atoms with Crippen LogP contribution in [0.3, 0.4) is 0 Å². The first kappa shape index (κ1) is 13.0. The summed E-state index contributed by atoms with van der Waals surface area (Å²) in [7, 11) is 0. The average Bonchev–Trinajstić information content (AvgIpc) is 3.10. The van der Waals surface area contributed by atoms with Gasteiger partial charge >= 0.3 is 0 Å². The maximum atomic E-state index is 6.10. The fraction of sp³-hybridized carbons (Fsp3) is 0.647. The van der Waals surface area contributed by atoms with Crippen LogP contribution in [0, 0.1) is 11.8 Å². The molecule has 0 N–H and O–H groups in total. The minimum absolute atomic E-state index is 0.845. The molecule has 0 spiro atoms. The van der Waals surface area contributed by atoms with Gasteiger partial charge in [0.05, 0.1) is 0 Å². The van der Waals surface area contributed by atoms with Gasteiger partial charge in [0.1, 0.15) is 0 Å². The van der Waals surface area contributed by atoms with E-state index in [0.717, 1.165) is 36.0 Å². The molecule has 2 bridgehead atoms. The Hall–Kier alpha value is -0.730. The van der Waals surface area contributed by atoms with Crippen LogP contribution >= 0.6 is 11.6 Å². The Morgan fingerprint density at radius 3 is 2.50 bits per heavy atom. The molecule has 3 heteroatoms. The number of fused-ring (bicyclic) bond motifs is 2. The first-order valence-electron chi connectivity index (χ1n) is 8.04. The number of piperazine rings is 1. The molecule has 1 heterocycles. The third-order valence-corrected chi connectivity index (χ3v) is 5.89. The van der Waals surface area contributed by atoms with Crippen molar-refractivity contribution in [1.82, 2.24) is 4.90 Å². The molecular weight excluding hydrogens is 268 g/mol. The highest BCUT2D eigenvalue weighted by molar-refractivity contribution is 6.30. The van der Waals surface area contributed by atoms with E-state index in [1.54, 1.807) is 0 Å². The molecule has 0 radical (unpaired) electrons. The summed E-state index contributed by atoms with van der Waals surface area (Å²) >= 11 is 6.10. The fourth-order valence-corrected chi connectivity index (χ4v) is 4.83. The van der Waals surface area contributed by atoms with Crippen molar-refractivity contribution in [2.75, 3.05) is 31.1 Å². The average molecular weight is 291 g/mol. The second kappa shape index (κ2) is 5.23. The lowest BCUT2D eigenvalue weighted by Gasteiger charge is -2.41. The highest BCUT2D eigenvalue weighted by atomic mass is 35.5. The van der Waals surface area contributed by atoms with Gasteiger partial charge in [0, 0.05) is 42.9 Å². The molecule has 0 unspecified atom stereocenters. The molecule has 108 valence electrons. The highest BCUT2D eigenvalue weighted by Gasteiger charge is 2.42. The summed E-state index contributed by atoms with van der Waals surface area (Å²) in [6, 6.07) is 9.18. The molecule has 1 aromatic carbocycles. The summed E-state index contributed by atoms with van der Waals surface area (Å²) in [6.45, 7) is 4.74. The molecule has 1 aromatic rings. The number of rotatable bonds is 2. The predicted molar refractivity (Wildman–Crippen MR) is 84.5 cm³/mol. The SMILES string of the molecule is Clc1cccc(N2CCN([C@@H]3C[C@H]4CC[C@@H]3C4)CC2)c1. The number of hydrogen-bond acceptors (Lipinski definition) is 2. The first-order chi connectivity index (χ1) is 9.79. The lowest BCUT2D eigenvalue weighted by Crippen LogP contribution is -2.51. The summed E-state index contributed by atoms with van der Waals surface area (Å²) in [4.78, 5) is 5.25. The van der Waals surface area contributed by atoms with E-state index in [-0.39, 0.29) is 0 Å². The molecule has 3 aliphatic rings. The van der Waals surface area contributed by atoms with Crippen molar-refractivity contribution in [3.05, 3.63) is 29.3 Å². The fourth-order valence-electron chi connectivity index (χ4n) is 4.64. The Labute approximate surface area is 126 Å².